The number of aromatic nitrogens is 3. The van der Waals surface area contributed by atoms with E-state index in [0.717, 1.165) is 25.2 Å². The molecule has 4 nitrogen and oxygen atoms in total. The molecule has 0 aliphatic rings. The lowest BCUT2D eigenvalue weighted by Gasteiger charge is -2.14. The van der Waals surface area contributed by atoms with Crippen LogP contribution in [0, 0.1) is 0 Å². The number of benzene rings is 1. The molecule has 0 saturated heterocycles. The second kappa shape index (κ2) is 6.31. The average Bonchev–Trinajstić information content (AvgIpc) is 2.92. The van der Waals surface area contributed by atoms with E-state index in [1.165, 1.54) is 11.1 Å². The van der Waals surface area contributed by atoms with Gasteiger partial charge in [0.1, 0.15) is 12.2 Å². The van der Waals surface area contributed by atoms with E-state index >= 15 is 0 Å². The fourth-order valence-electron chi connectivity index (χ4n) is 1.92. The predicted molar refractivity (Wildman–Crippen MR) is 72.3 cm³/mol. The Hall–Kier alpha value is -1.68. The lowest BCUT2D eigenvalue weighted by atomic mass is 10.0. The molecular formula is C14H20N4. The van der Waals surface area contributed by atoms with Crippen LogP contribution in [0.3, 0.4) is 0 Å². The first-order valence-corrected chi connectivity index (χ1v) is 6.46. The van der Waals surface area contributed by atoms with Gasteiger partial charge in [-0.25, -0.2) is 4.98 Å². The summed E-state index contributed by atoms with van der Waals surface area (Å²) in [5, 5.41) is 10.2. The Bertz CT molecular complexity index is 447. The summed E-state index contributed by atoms with van der Waals surface area (Å²) in [6.45, 7) is 5.25. The van der Waals surface area contributed by atoms with Gasteiger partial charge in [-0.15, -0.1) is 0 Å². The van der Waals surface area contributed by atoms with Gasteiger partial charge in [0, 0.05) is 19.0 Å². The van der Waals surface area contributed by atoms with E-state index in [4.69, 9.17) is 0 Å². The molecule has 1 heterocycles. The van der Waals surface area contributed by atoms with Gasteiger partial charge >= 0.3 is 0 Å². The predicted octanol–water partition coefficient (Wildman–Crippen LogP) is 2.26. The van der Waals surface area contributed by atoms with Crippen molar-refractivity contribution < 1.29 is 0 Å². The molecule has 1 atom stereocenters. The number of hydrogen-bond donors (Lipinski definition) is 2. The Morgan fingerprint density at radius 1 is 1.28 bits per heavy atom. The number of aromatic amines is 1. The van der Waals surface area contributed by atoms with Crippen molar-refractivity contribution in [2.45, 2.75) is 32.7 Å². The lowest BCUT2D eigenvalue weighted by molar-refractivity contribution is 0.570. The number of rotatable bonds is 6. The van der Waals surface area contributed by atoms with Crippen molar-refractivity contribution in [3.8, 4) is 0 Å². The molecule has 0 radical (unpaired) electrons. The topological polar surface area (TPSA) is 53.6 Å². The van der Waals surface area contributed by atoms with Crippen molar-refractivity contribution in [3.05, 3.63) is 47.5 Å². The average molecular weight is 244 g/mol. The summed E-state index contributed by atoms with van der Waals surface area (Å²) in [5.41, 5.74) is 2.71. The van der Waals surface area contributed by atoms with Gasteiger partial charge < -0.3 is 5.32 Å². The Kier molecular flexibility index (Phi) is 4.47. The quantitative estimate of drug-likeness (QED) is 0.819. The van der Waals surface area contributed by atoms with Gasteiger partial charge in [-0.05, 0) is 24.5 Å². The molecule has 0 aliphatic carbocycles. The Balaban J connectivity index is 1.81. The summed E-state index contributed by atoms with van der Waals surface area (Å²) in [4.78, 5) is 4.10. The first-order valence-electron chi connectivity index (χ1n) is 6.46. The molecule has 0 bridgehead atoms. The highest BCUT2D eigenvalue weighted by Crippen LogP contribution is 2.13. The molecule has 1 aromatic heterocycles. The SMILES string of the molecule is CCc1ccc(C(C)NCCc2ncn[nH]2)cc1. The molecule has 1 unspecified atom stereocenters. The first kappa shape index (κ1) is 12.8. The van der Waals surface area contributed by atoms with Gasteiger partial charge in [-0.3, -0.25) is 5.10 Å². The third-order valence-electron chi connectivity index (χ3n) is 3.17. The van der Waals surface area contributed by atoms with Crippen molar-refractivity contribution >= 4 is 0 Å². The van der Waals surface area contributed by atoms with Crippen LogP contribution in [0.2, 0.25) is 0 Å². The standard InChI is InChI=1S/C14H20N4/c1-3-12-4-6-13(7-5-12)11(2)15-9-8-14-16-10-17-18-14/h4-7,10-11,15H,3,8-9H2,1-2H3,(H,16,17,18). The highest BCUT2D eigenvalue weighted by Gasteiger charge is 2.04. The van der Waals surface area contributed by atoms with Crippen molar-refractivity contribution in [1.29, 1.82) is 0 Å². The van der Waals surface area contributed by atoms with Gasteiger partial charge in [0.2, 0.25) is 0 Å². The first-order chi connectivity index (χ1) is 8.79. The zero-order valence-electron chi connectivity index (χ0n) is 11.0. The minimum Gasteiger partial charge on any atom is -0.310 e. The summed E-state index contributed by atoms with van der Waals surface area (Å²) in [5.74, 6) is 0.927. The van der Waals surface area contributed by atoms with Gasteiger partial charge in [-0.1, -0.05) is 31.2 Å². The van der Waals surface area contributed by atoms with E-state index in [0.29, 0.717) is 6.04 Å². The Labute approximate surface area is 108 Å². The van der Waals surface area contributed by atoms with Crippen LogP contribution in [0.5, 0.6) is 0 Å². The molecule has 2 aromatic rings. The minimum atomic E-state index is 0.360. The lowest BCUT2D eigenvalue weighted by Crippen LogP contribution is -2.21. The zero-order chi connectivity index (χ0) is 12.8. The van der Waals surface area contributed by atoms with Crippen LogP contribution >= 0.6 is 0 Å². The van der Waals surface area contributed by atoms with Crippen molar-refractivity contribution in [3.63, 3.8) is 0 Å². The summed E-state index contributed by atoms with van der Waals surface area (Å²) in [7, 11) is 0. The third kappa shape index (κ3) is 3.40. The van der Waals surface area contributed by atoms with E-state index < -0.39 is 0 Å². The Morgan fingerprint density at radius 2 is 2.06 bits per heavy atom. The van der Waals surface area contributed by atoms with Crippen molar-refractivity contribution in [1.82, 2.24) is 20.5 Å². The van der Waals surface area contributed by atoms with Crippen LogP contribution in [0.15, 0.2) is 30.6 Å². The number of H-pyrrole nitrogens is 1. The summed E-state index contributed by atoms with van der Waals surface area (Å²) in [6.07, 6.45) is 3.51. The maximum Gasteiger partial charge on any atom is 0.137 e. The molecule has 0 aliphatic heterocycles. The third-order valence-corrected chi connectivity index (χ3v) is 3.17. The van der Waals surface area contributed by atoms with Crippen molar-refractivity contribution in [2.75, 3.05) is 6.54 Å². The highest BCUT2D eigenvalue weighted by molar-refractivity contribution is 5.24. The summed E-state index contributed by atoms with van der Waals surface area (Å²) < 4.78 is 0. The molecule has 0 amide bonds. The van der Waals surface area contributed by atoms with Crippen molar-refractivity contribution in [2.24, 2.45) is 0 Å². The molecule has 96 valence electrons. The maximum atomic E-state index is 4.10. The van der Waals surface area contributed by atoms with Gasteiger partial charge in [0.15, 0.2) is 0 Å². The van der Waals surface area contributed by atoms with Gasteiger partial charge in [0.05, 0.1) is 0 Å². The molecule has 1 aromatic carbocycles. The monoisotopic (exact) mass is 244 g/mol. The molecule has 2 rings (SSSR count). The number of hydrogen-bond acceptors (Lipinski definition) is 3. The molecule has 18 heavy (non-hydrogen) atoms. The fourth-order valence-corrected chi connectivity index (χ4v) is 1.92. The Morgan fingerprint density at radius 3 is 2.67 bits per heavy atom. The number of nitrogens with one attached hydrogen (secondary N) is 2. The second-order valence-electron chi connectivity index (χ2n) is 4.45. The normalized spacial score (nSPS) is 12.6. The van der Waals surface area contributed by atoms with E-state index in [1.54, 1.807) is 6.33 Å². The summed E-state index contributed by atoms with van der Waals surface area (Å²) >= 11 is 0. The van der Waals surface area contributed by atoms with E-state index in [9.17, 15) is 0 Å². The summed E-state index contributed by atoms with van der Waals surface area (Å²) in [6, 6.07) is 9.16. The number of nitrogens with zero attached hydrogens (tertiary/aromatic N) is 2. The zero-order valence-corrected chi connectivity index (χ0v) is 11.0. The highest BCUT2D eigenvalue weighted by atomic mass is 15.2. The number of aryl methyl sites for hydroxylation is 1. The van der Waals surface area contributed by atoms with Crippen LogP contribution in [-0.2, 0) is 12.8 Å². The largest absolute Gasteiger partial charge is 0.310 e. The smallest absolute Gasteiger partial charge is 0.137 e. The van der Waals surface area contributed by atoms with Gasteiger partial charge in [-0.2, -0.15) is 5.10 Å². The van der Waals surface area contributed by atoms with E-state index in [1.807, 2.05) is 0 Å². The molecule has 0 saturated carbocycles. The van der Waals surface area contributed by atoms with Crippen LogP contribution in [0.4, 0.5) is 0 Å². The fraction of sp³-hybridized carbons (Fsp3) is 0.429. The van der Waals surface area contributed by atoms with Crippen LogP contribution in [0.25, 0.3) is 0 Å². The second-order valence-corrected chi connectivity index (χ2v) is 4.45. The maximum absolute atomic E-state index is 4.10. The van der Waals surface area contributed by atoms with Gasteiger partial charge in [0.25, 0.3) is 0 Å². The van der Waals surface area contributed by atoms with Crippen LogP contribution < -0.4 is 5.32 Å². The minimum absolute atomic E-state index is 0.360. The molecule has 0 spiro atoms. The molecular weight excluding hydrogens is 224 g/mol. The van der Waals surface area contributed by atoms with E-state index in [2.05, 4.69) is 58.6 Å². The molecule has 2 N–H and O–H groups in total. The van der Waals surface area contributed by atoms with Crippen LogP contribution in [-0.4, -0.2) is 21.7 Å². The molecule has 4 heteroatoms. The molecule has 0 fully saturated rings. The van der Waals surface area contributed by atoms with E-state index in [-0.39, 0.29) is 0 Å². The van der Waals surface area contributed by atoms with Crippen LogP contribution in [0.1, 0.15) is 36.8 Å².